The smallest absolute Gasteiger partial charge is 0.355 e. The van der Waals surface area contributed by atoms with Crippen molar-refractivity contribution < 1.29 is 29.0 Å². The van der Waals surface area contributed by atoms with Crippen molar-refractivity contribution in [2.45, 2.75) is 33.7 Å². The standard InChI is InChI=1S/C27H33N3O6/c1-5-36-27(34)22-17(3)20(18(4)28-22)24(31)21-23(19-8-6-16(2)7-9-19)30(26(33)25(21)32)11-10-29-12-14-35-15-13-29/h6-9,23,28,31H,5,10-15H2,1-4H3/b24-21+. The fraction of sp³-hybridized carbons (Fsp3) is 0.444. The number of aromatic amines is 1. The van der Waals surface area contributed by atoms with Gasteiger partial charge in [-0.2, -0.15) is 0 Å². The van der Waals surface area contributed by atoms with Crippen LogP contribution in [0.3, 0.4) is 0 Å². The molecule has 192 valence electrons. The van der Waals surface area contributed by atoms with E-state index >= 15 is 0 Å². The van der Waals surface area contributed by atoms with Crippen LogP contribution in [-0.4, -0.2) is 83.5 Å². The number of benzene rings is 1. The van der Waals surface area contributed by atoms with Crippen LogP contribution in [-0.2, 0) is 19.1 Å². The highest BCUT2D eigenvalue weighted by molar-refractivity contribution is 6.46. The molecule has 2 aromatic rings. The van der Waals surface area contributed by atoms with Crippen molar-refractivity contribution in [3.63, 3.8) is 0 Å². The summed E-state index contributed by atoms with van der Waals surface area (Å²) >= 11 is 0. The molecule has 2 aliphatic heterocycles. The summed E-state index contributed by atoms with van der Waals surface area (Å²) in [5.74, 6) is -2.22. The van der Waals surface area contributed by atoms with E-state index in [4.69, 9.17) is 9.47 Å². The second-order valence-corrected chi connectivity index (χ2v) is 9.20. The van der Waals surface area contributed by atoms with Gasteiger partial charge in [0.1, 0.15) is 11.5 Å². The number of ether oxygens (including phenoxy) is 2. The molecule has 1 atom stereocenters. The lowest BCUT2D eigenvalue weighted by molar-refractivity contribution is -0.140. The third-order valence-electron chi connectivity index (χ3n) is 6.85. The minimum Gasteiger partial charge on any atom is -0.507 e. The van der Waals surface area contributed by atoms with Crippen molar-refractivity contribution >= 4 is 23.4 Å². The Morgan fingerprint density at radius 2 is 1.78 bits per heavy atom. The number of nitrogens with one attached hydrogen (secondary N) is 1. The highest BCUT2D eigenvalue weighted by atomic mass is 16.5. The van der Waals surface area contributed by atoms with Crippen molar-refractivity contribution in [3.8, 4) is 0 Å². The largest absolute Gasteiger partial charge is 0.507 e. The summed E-state index contributed by atoms with van der Waals surface area (Å²) in [7, 11) is 0. The molecule has 9 heteroatoms. The average molecular weight is 496 g/mol. The highest BCUT2D eigenvalue weighted by Crippen LogP contribution is 2.40. The van der Waals surface area contributed by atoms with E-state index in [-0.39, 0.29) is 23.6 Å². The Morgan fingerprint density at radius 3 is 2.42 bits per heavy atom. The molecule has 0 saturated carbocycles. The molecule has 0 bridgehead atoms. The van der Waals surface area contributed by atoms with Crippen molar-refractivity contribution in [2.24, 2.45) is 0 Å². The number of likely N-dealkylation sites (tertiary alicyclic amines) is 1. The summed E-state index contributed by atoms with van der Waals surface area (Å²) in [5.41, 5.74) is 3.32. The first-order chi connectivity index (χ1) is 17.2. The first-order valence-electron chi connectivity index (χ1n) is 12.3. The van der Waals surface area contributed by atoms with Crippen LogP contribution in [0.4, 0.5) is 0 Å². The number of H-pyrrole nitrogens is 1. The summed E-state index contributed by atoms with van der Waals surface area (Å²) in [4.78, 5) is 45.7. The number of morpholine rings is 1. The summed E-state index contributed by atoms with van der Waals surface area (Å²) in [5, 5.41) is 11.5. The van der Waals surface area contributed by atoms with Crippen LogP contribution in [0.15, 0.2) is 29.8 Å². The van der Waals surface area contributed by atoms with E-state index in [0.717, 1.165) is 24.2 Å². The SMILES string of the molecule is CCOC(=O)c1[nH]c(C)c(/C(O)=C2\C(=O)C(=O)N(CCN3CCOCC3)C2c2ccc(C)cc2)c1C. The lowest BCUT2D eigenvalue weighted by Crippen LogP contribution is -2.42. The van der Waals surface area contributed by atoms with Crippen LogP contribution >= 0.6 is 0 Å². The zero-order valence-corrected chi connectivity index (χ0v) is 21.2. The molecule has 1 aromatic heterocycles. The number of carbonyl (C=O) groups excluding carboxylic acids is 3. The van der Waals surface area contributed by atoms with Crippen molar-refractivity contribution in [1.82, 2.24) is 14.8 Å². The van der Waals surface area contributed by atoms with Gasteiger partial charge in [-0.05, 0) is 38.8 Å². The Kier molecular flexibility index (Phi) is 7.61. The Labute approximate surface area is 210 Å². The fourth-order valence-electron chi connectivity index (χ4n) is 4.93. The summed E-state index contributed by atoms with van der Waals surface area (Å²) in [6, 6.07) is 6.85. The first kappa shape index (κ1) is 25.7. The molecule has 36 heavy (non-hydrogen) atoms. The second kappa shape index (κ2) is 10.7. The minimum atomic E-state index is -0.744. The molecule has 9 nitrogen and oxygen atoms in total. The maximum Gasteiger partial charge on any atom is 0.355 e. The predicted molar refractivity (Wildman–Crippen MR) is 134 cm³/mol. The van der Waals surface area contributed by atoms with Gasteiger partial charge < -0.3 is 24.5 Å². The van der Waals surface area contributed by atoms with Crippen LogP contribution < -0.4 is 0 Å². The summed E-state index contributed by atoms with van der Waals surface area (Å²) in [6.45, 7) is 11.0. The van der Waals surface area contributed by atoms with Gasteiger partial charge in [-0.25, -0.2) is 4.79 Å². The molecule has 2 N–H and O–H groups in total. The maximum absolute atomic E-state index is 13.4. The van der Waals surface area contributed by atoms with E-state index in [1.807, 2.05) is 31.2 Å². The number of rotatable bonds is 7. The average Bonchev–Trinajstić information content (AvgIpc) is 3.30. The number of aromatic nitrogens is 1. The second-order valence-electron chi connectivity index (χ2n) is 9.20. The monoisotopic (exact) mass is 495 g/mol. The molecule has 2 fully saturated rings. The van der Waals surface area contributed by atoms with Crippen LogP contribution in [0.25, 0.3) is 5.76 Å². The molecule has 0 radical (unpaired) electrons. The van der Waals surface area contributed by atoms with Gasteiger partial charge in [0.05, 0.1) is 31.4 Å². The molecular weight excluding hydrogens is 462 g/mol. The molecule has 3 heterocycles. The van der Waals surface area contributed by atoms with Crippen molar-refractivity contribution in [1.29, 1.82) is 0 Å². The molecular formula is C27H33N3O6. The summed E-state index contributed by atoms with van der Waals surface area (Å²) < 4.78 is 10.5. The van der Waals surface area contributed by atoms with Gasteiger partial charge >= 0.3 is 5.97 Å². The van der Waals surface area contributed by atoms with E-state index in [1.54, 1.807) is 20.8 Å². The molecule has 1 aromatic carbocycles. The fourth-order valence-corrected chi connectivity index (χ4v) is 4.93. The molecule has 1 unspecified atom stereocenters. The van der Waals surface area contributed by atoms with Gasteiger partial charge in [-0.15, -0.1) is 0 Å². The van der Waals surface area contributed by atoms with Gasteiger partial charge in [0, 0.05) is 37.4 Å². The lowest BCUT2D eigenvalue weighted by Gasteiger charge is -2.31. The van der Waals surface area contributed by atoms with Gasteiger partial charge in [0.2, 0.25) is 0 Å². The minimum absolute atomic E-state index is 0.0199. The maximum atomic E-state index is 13.4. The van der Waals surface area contributed by atoms with Gasteiger partial charge in [-0.1, -0.05) is 29.8 Å². The zero-order chi connectivity index (χ0) is 26.0. The number of aliphatic hydroxyl groups is 1. The number of Topliss-reactive ketones (excluding diaryl/α,β-unsaturated/α-hetero) is 1. The number of carbonyl (C=O) groups is 3. The molecule has 2 aliphatic rings. The molecule has 1 amide bonds. The number of ketones is 1. The molecule has 2 saturated heterocycles. The molecule has 0 aliphatic carbocycles. The zero-order valence-electron chi connectivity index (χ0n) is 21.2. The number of amides is 1. The number of aryl methyl sites for hydroxylation is 2. The number of hydrogen-bond donors (Lipinski definition) is 2. The number of aliphatic hydroxyl groups excluding tert-OH is 1. The third-order valence-corrected chi connectivity index (χ3v) is 6.85. The van der Waals surface area contributed by atoms with E-state index in [2.05, 4.69) is 9.88 Å². The Morgan fingerprint density at radius 1 is 1.11 bits per heavy atom. The van der Waals surface area contributed by atoms with E-state index in [0.29, 0.717) is 43.1 Å². The molecule has 0 spiro atoms. The third kappa shape index (κ3) is 4.81. The van der Waals surface area contributed by atoms with Crippen molar-refractivity contribution in [3.05, 3.63) is 63.5 Å². The number of nitrogens with zero attached hydrogens (tertiary/aromatic N) is 2. The Hall–Kier alpha value is -3.43. The normalized spacial score (nSPS) is 20.2. The summed E-state index contributed by atoms with van der Waals surface area (Å²) in [6.07, 6.45) is 0. The Bertz CT molecular complexity index is 1190. The number of esters is 1. The number of hydrogen-bond acceptors (Lipinski definition) is 7. The highest BCUT2D eigenvalue weighted by Gasteiger charge is 2.46. The van der Waals surface area contributed by atoms with Crippen LogP contribution in [0.1, 0.15) is 51.4 Å². The van der Waals surface area contributed by atoms with E-state index < -0.39 is 23.7 Å². The van der Waals surface area contributed by atoms with Gasteiger partial charge in [-0.3, -0.25) is 14.5 Å². The topological polar surface area (TPSA) is 112 Å². The predicted octanol–water partition coefficient (Wildman–Crippen LogP) is 2.87. The van der Waals surface area contributed by atoms with Crippen LogP contribution in [0.2, 0.25) is 0 Å². The Balaban J connectivity index is 1.78. The van der Waals surface area contributed by atoms with E-state index in [1.165, 1.54) is 4.90 Å². The van der Waals surface area contributed by atoms with E-state index in [9.17, 15) is 19.5 Å². The first-order valence-corrected chi connectivity index (χ1v) is 12.3. The van der Waals surface area contributed by atoms with Gasteiger partial charge in [0.15, 0.2) is 0 Å². The van der Waals surface area contributed by atoms with Crippen LogP contribution in [0.5, 0.6) is 0 Å². The quantitative estimate of drug-likeness (QED) is 0.263. The van der Waals surface area contributed by atoms with Crippen molar-refractivity contribution in [2.75, 3.05) is 46.0 Å². The van der Waals surface area contributed by atoms with Crippen LogP contribution in [0, 0.1) is 20.8 Å². The van der Waals surface area contributed by atoms with Gasteiger partial charge in [0.25, 0.3) is 11.7 Å². The molecule has 4 rings (SSSR count). The lowest BCUT2D eigenvalue weighted by atomic mass is 9.93.